The normalized spacial score (nSPS) is 11.9. The molecule has 3 aromatic carbocycles. The van der Waals surface area contributed by atoms with Crippen molar-refractivity contribution in [1.82, 2.24) is 19.9 Å². The van der Waals surface area contributed by atoms with E-state index in [0.717, 1.165) is 40.8 Å². The average molecular weight is 597 g/mol. The lowest BCUT2D eigenvalue weighted by molar-refractivity contribution is 0.0697. The summed E-state index contributed by atoms with van der Waals surface area (Å²) in [6.07, 6.45) is 3.75. The first-order valence-corrected chi connectivity index (χ1v) is 14.8. The highest BCUT2D eigenvalue weighted by molar-refractivity contribution is 7.80. The standard InChI is InChI=1S/C34H33FN4O3S/c1-3-8-31-38-32-21(2)15-24(33(40)37-25(20-43)16-23-9-4-7-12-28(23)35)17-30(32)39(31)19-22-13-14-29(36-18-22)26-10-5-6-11-27(26)34(41)42/h4-7,9-15,17-18,25,43H,3,8,16,19-20H2,1-2H3,(H,37,40)(H,41,42). The zero-order valence-corrected chi connectivity index (χ0v) is 24.9. The van der Waals surface area contributed by atoms with E-state index in [1.54, 1.807) is 48.7 Å². The predicted octanol–water partition coefficient (Wildman–Crippen LogP) is 6.52. The topological polar surface area (TPSA) is 97.1 Å². The molecule has 5 aromatic rings. The second-order valence-corrected chi connectivity index (χ2v) is 10.9. The molecule has 1 atom stereocenters. The molecule has 1 unspecified atom stereocenters. The number of halogens is 1. The summed E-state index contributed by atoms with van der Waals surface area (Å²) in [6.45, 7) is 4.52. The molecule has 0 aliphatic carbocycles. The third-order valence-corrected chi connectivity index (χ3v) is 7.88. The smallest absolute Gasteiger partial charge is 0.336 e. The highest BCUT2D eigenvalue weighted by Gasteiger charge is 2.20. The third kappa shape index (κ3) is 6.62. The van der Waals surface area contributed by atoms with Crippen molar-refractivity contribution in [2.45, 2.75) is 45.7 Å². The van der Waals surface area contributed by atoms with Crippen molar-refractivity contribution in [1.29, 1.82) is 0 Å². The largest absolute Gasteiger partial charge is 0.478 e. The number of thiol groups is 1. The number of benzene rings is 3. The van der Waals surface area contributed by atoms with Gasteiger partial charge in [0.15, 0.2) is 0 Å². The maximum absolute atomic E-state index is 14.2. The highest BCUT2D eigenvalue weighted by atomic mass is 32.1. The summed E-state index contributed by atoms with van der Waals surface area (Å²) in [7, 11) is 0. The van der Waals surface area contributed by atoms with Crippen LogP contribution in [0.5, 0.6) is 0 Å². The van der Waals surface area contributed by atoms with Crippen molar-refractivity contribution in [3.05, 3.63) is 118 Å². The summed E-state index contributed by atoms with van der Waals surface area (Å²) < 4.78 is 16.4. The van der Waals surface area contributed by atoms with Gasteiger partial charge in [-0.15, -0.1) is 0 Å². The van der Waals surface area contributed by atoms with E-state index in [1.807, 2.05) is 31.2 Å². The Labute approximate surface area is 255 Å². The molecule has 2 heterocycles. The number of aryl methyl sites for hydroxylation is 2. The lowest BCUT2D eigenvalue weighted by Crippen LogP contribution is -2.38. The van der Waals surface area contributed by atoms with Gasteiger partial charge >= 0.3 is 5.97 Å². The van der Waals surface area contributed by atoms with Crippen LogP contribution < -0.4 is 5.32 Å². The zero-order valence-electron chi connectivity index (χ0n) is 24.0. The van der Waals surface area contributed by atoms with Gasteiger partial charge in [0.1, 0.15) is 11.6 Å². The number of amides is 1. The molecular formula is C34H33FN4O3S. The number of rotatable bonds is 11. The Kier molecular flexibility index (Phi) is 9.21. The molecule has 0 aliphatic heterocycles. The highest BCUT2D eigenvalue weighted by Crippen LogP contribution is 2.26. The lowest BCUT2D eigenvalue weighted by atomic mass is 10.0. The molecule has 1 amide bonds. The lowest BCUT2D eigenvalue weighted by Gasteiger charge is -2.17. The molecule has 0 aliphatic rings. The number of nitrogens with zero attached hydrogens (tertiary/aromatic N) is 3. The Bertz CT molecular complexity index is 1790. The Morgan fingerprint density at radius 1 is 1.07 bits per heavy atom. The van der Waals surface area contributed by atoms with E-state index in [-0.39, 0.29) is 23.3 Å². The first kappa shape index (κ1) is 30.0. The minimum atomic E-state index is -1.00. The maximum atomic E-state index is 14.2. The fraction of sp³-hybridized carbons (Fsp3) is 0.235. The monoisotopic (exact) mass is 596 g/mol. The quantitative estimate of drug-likeness (QED) is 0.151. The van der Waals surface area contributed by atoms with Gasteiger partial charge in [-0.25, -0.2) is 14.2 Å². The Morgan fingerprint density at radius 3 is 2.53 bits per heavy atom. The number of aromatic carboxylic acids is 1. The van der Waals surface area contributed by atoms with Crippen LogP contribution in [0.4, 0.5) is 4.39 Å². The van der Waals surface area contributed by atoms with Crippen molar-refractivity contribution in [3.63, 3.8) is 0 Å². The van der Waals surface area contributed by atoms with Gasteiger partial charge in [-0.2, -0.15) is 12.6 Å². The number of carboxylic acids is 1. The molecular weight excluding hydrogens is 563 g/mol. The molecule has 2 aromatic heterocycles. The number of hydrogen-bond donors (Lipinski definition) is 3. The van der Waals surface area contributed by atoms with Crippen molar-refractivity contribution in [2.24, 2.45) is 0 Å². The second kappa shape index (κ2) is 13.2. The average Bonchev–Trinajstić information content (AvgIpc) is 3.35. The summed E-state index contributed by atoms with van der Waals surface area (Å²) in [5.74, 6) is -0.292. The van der Waals surface area contributed by atoms with Gasteiger partial charge < -0.3 is 15.0 Å². The molecule has 0 spiro atoms. The van der Waals surface area contributed by atoms with E-state index in [9.17, 15) is 19.1 Å². The van der Waals surface area contributed by atoms with Crippen LogP contribution in [0.25, 0.3) is 22.3 Å². The van der Waals surface area contributed by atoms with Crippen LogP contribution in [-0.2, 0) is 19.4 Å². The van der Waals surface area contributed by atoms with Gasteiger partial charge in [0.05, 0.1) is 28.8 Å². The fourth-order valence-corrected chi connectivity index (χ4v) is 5.50. The van der Waals surface area contributed by atoms with Gasteiger partial charge in [-0.3, -0.25) is 9.78 Å². The SMILES string of the molecule is CCCc1nc2c(C)cc(C(=O)NC(CS)Cc3ccccc3F)cc2n1Cc1ccc(-c2ccccc2C(=O)O)nc1. The minimum Gasteiger partial charge on any atom is -0.478 e. The van der Waals surface area contributed by atoms with Gasteiger partial charge in [0.2, 0.25) is 0 Å². The van der Waals surface area contributed by atoms with Crippen molar-refractivity contribution in [2.75, 3.05) is 5.75 Å². The molecule has 2 N–H and O–H groups in total. The summed E-state index contributed by atoms with van der Waals surface area (Å²) in [5.41, 5.74) is 5.83. The number of aromatic nitrogens is 3. The van der Waals surface area contributed by atoms with Crippen LogP contribution in [-0.4, -0.2) is 43.3 Å². The van der Waals surface area contributed by atoms with Crippen LogP contribution in [0.2, 0.25) is 0 Å². The summed E-state index contributed by atoms with van der Waals surface area (Å²) in [5, 5.41) is 12.6. The number of carboxylic acid groups (broad SMARTS) is 1. The fourth-order valence-electron chi connectivity index (χ4n) is 5.27. The summed E-state index contributed by atoms with van der Waals surface area (Å²) in [4.78, 5) is 34.6. The number of carbonyl (C=O) groups is 2. The molecule has 0 bridgehead atoms. The molecule has 0 fully saturated rings. The van der Waals surface area contributed by atoms with Gasteiger partial charge in [0.25, 0.3) is 5.91 Å². The van der Waals surface area contributed by atoms with Crippen LogP contribution in [0.3, 0.4) is 0 Å². The van der Waals surface area contributed by atoms with Crippen LogP contribution >= 0.6 is 12.6 Å². The van der Waals surface area contributed by atoms with E-state index in [1.165, 1.54) is 6.07 Å². The first-order valence-electron chi connectivity index (χ1n) is 14.2. The van der Waals surface area contributed by atoms with E-state index in [4.69, 9.17) is 4.98 Å². The van der Waals surface area contributed by atoms with Gasteiger partial charge in [-0.1, -0.05) is 49.4 Å². The van der Waals surface area contributed by atoms with E-state index >= 15 is 0 Å². The van der Waals surface area contributed by atoms with Crippen molar-refractivity contribution >= 4 is 35.5 Å². The molecule has 0 saturated carbocycles. The van der Waals surface area contributed by atoms with E-state index < -0.39 is 5.97 Å². The summed E-state index contributed by atoms with van der Waals surface area (Å²) in [6, 6.07) is 20.5. The number of imidazole rings is 1. The molecule has 5 rings (SSSR count). The number of fused-ring (bicyclic) bond motifs is 1. The molecule has 220 valence electrons. The Hall–Kier alpha value is -4.50. The summed E-state index contributed by atoms with van der Waals surface area (Å²) >= 11 is 4.40. The molecule has 0 saturated heterocycles. The number of carbonyl (C=O) groups excluding carboxylic acids is 1. The molecule has 9 heteroatoms. The predicted molar refractivity (Wildman–Crippen MR) is 169 cm³/mol. The Morgan fingerprint density at radius 2 is 1.84 bits per heavy atom. The second-order valence-electron chi connectivity index (χ2n) is 10.6. The van der Waals surface area contributed by atoms with E-state index in [2.05, 4.69) is 34.4 Å². The number of hydrogen-bond acceptors (Lipinski definition) is 5. The van der Waals surface area contributed by atoms with Gasteiger partial charge in [-0.05, 0) is 66.8 Å². The van der Waals surface area contributed by atoms with Crippen LogP contribution in [0, 0.1) is 12.7 Å². The van der Waals surface area contributed by atoms with Crippen LogP contribution in [0.1, 0.15) is 56.6 Å². The van der Waals surface area contributed by atoms with Crippen LogP contribution in [0.15, 0.2) is 79.0 Å². The Balaban J connectivity index is 1.44. The maximum Gasteiger partial charge on any atom is 0.336 e. The first-order chi connectivity index (χ1) is 20.8. The van der Waals surface area contributed by atoms with Gasteiger partial charge in [0, 0.05) is 35.5 Å². The van der Waals surface area contributed by atoms with E-state index in [0.29, 0.717) is 41.1 Å². The number of pyridine rings is 1. The molecule has 0 radical (unpaired) electrons. The molecule has 7 nitrogen and oxygen atoms in total. The van der Waals surface area contributed by atoms with Crippen molar-refractivity contribution in [3.8, 4) is 11.3 Å². The third-order valence-electron chi connectivity index (χ3n) is 7.44. The minimum absolute atomic E-state index is 0.198. The molecule has 43 heavy (non-hydrogen) atoms. The number of nitrogens with one attached hydrogen (secondary N) is 1. The van der Waals surface area contributed by atoms with Crippen molar-refractivity contribution < 1.29 is 19.1 Å². The zero-order chi connectivity index (χ0) is 30.5.